The van der Waals surface area contributed by atoms with Crippen molar-refractivity contribution in [3.05, 3.63) is 12.2 Å². The second kappa shape index (κ2) is 7.31. The molecule has 0 aromatic rings. The highest BCUT2D eigenvalue weighted by Crippen LogP contribution is 2.19. The molecule has 88 valence electrons. The predicted molar refractivity (Wildman–Crippen MR) is 70.7 cm³/mol. The lowest BCUT2D eigenvalue weighted by Crippen LogP contribution is -2.30. The number of piperidine rings is 1. The quantitative estimate of drug-likeness (QED) is 0.700. The van der Waals surface area contributed by atoms with Gasteiger partial charge in [-0.1, -0.05) is 12.2 Å². The summed E-state index contributed by atoms with van der Waals surface area (Å²) in [5.41, 5.74) is 1.25. The van der Waals surface area contributed by atoms with Gasteiger partial charge in [0.2, 0.25) is 0 Å². The molecule has 0 amide bonds. The van der Waals surface area contributed by atoms with Crippen LogP contribution in [0.4, 0.5) is 0 Å². The first-order chi connectivity index (χ1) is 7.18. The molecule has 1 saturated heterocycles. The van der Waals surface area contributed by atoms with Crippen LogP contribution in [0.15, 0.2) is 12.2 Å². The number of hydrogen-bond acceptors (Lipinski definition) is 3. The van der Waals surface area contributed by atoms with Crippen LogP contribution in [0.25, 0.3) is 0 Å². The number of nitrogens with zero attached hydrogens (tertiary/aromatic N) is 1. The van der Waals surface area contributed by atoms with Crippen LogP contribution >= 0.6 is 11.8 Å². The average Bonchev–Trinajstić information content (AvgIpc) is 2.18. The van der Waals surface area contributed by atoms with Gasteiger partial charge in [-0.05, 0) is 39.9 Å². The molecular weight excluding hydrogens is 204 g/mol. The Morgan fingerprint density at radius 2 is 2.13 bits per heavy atom. The molecule has 0 bridgehead atoms. The van der Waals surface area contributed by atoms with Gasteiger partial charge in [0, 0.05) is 24.1 Å². The van der Waals surface area contributed by atoms with Gasteiger partial charge in [-0.25, -0.2) is 0 Å². The zero-order valence-corrected chi connectivity index (χ0v) is 10.9. The largest absolute Gasteiger partial charge is 0.317 e. The summed E-state index contributed by atoms with van der Waals surface area (Å²) in [6.07, 6.45) is 2.68. The van der Waals surface area contributed by atoms with E-state index < -0.39 is 0 Å². The number of hydrogen-bond donors (Lipinski definition) is 1. The van der Waals surface area contributed by atoms with Crippen LogP contribution in [-0.2, 0) is 0 Å². The summed E-state index contributed by atoms with van der Waals surface area (Å²) in [7, 11) is 2.18. The van der Waals surface area contributed by atoms with Crippen LogP contribution in [0.1, 0.15) is 19.8 Å². The van der Waals surface area contributed by atoms with Gasteiger partial charge in [0.15, 0.2) is 0 Å². The Balaban J connectivity index is 2.02. The van der Waals surface area contributed by atoms with Gasteiger partial charge in [0.25, 0.3) is 0 Å². The van der Waals surface area contributed by atoms with Crippen molar-refractivity contribution < 1.29 is 0 Å². The van der Waals surface area contributed by atoms with Gasteiger partial charge in [0.05, 0.1) is 0 Å². The number of thioether (sulfide) groups is 1. The maximum Gasteiger partial charge on any atom is 0.0184 e. The standard InChI is InChI=1S/C12H24N2S/c1-11(2)10-14(3)8-9-15-12-4-6-13-7-5-12/h12-13H,1,4-10H2,2-3H3. The van der Waals surface area contributed by atoms with Gasteiger partial charge < -0.3 is 10.2 Å². The first-order valence-corrected chi connectivity index (χ1v) is 6.88. The summed E-state index contributed by atoms with van der Waals surface area (Å²) >= 11 is 2.14. The van der Waals surface area contributed by atoms with Crippen molar-refractivity contribution >= 4 is 11.8 Å². The zero-order valence-electron chi connectivity index (χ0n) is 10.1. The topological polar surface area (TPSA) is 15.3 Å². The first kappa shape index (κ1) is 13.1. The van der Waals surface area contributed by atoms with E-state index >= 15 is 0 Å². The van der Waals surface area contributed by atoms with Gasteiger partial charge in [0.1, 0.15) is 0 Å². The highest BCUT2D eigenvalue weighted by Gasteiger charge is 2.12. The van der Waals surface area contributed by atoms with Crippen LogP contribution in [0.3, 0.4) is 0 Å². The molecule has 0 aliphatic carbocycles. The normalized spacial score (nSPS) is 18.3. The Bertz CT molecular complexity index is 188. The molecule has 15 heavy (non-hydrogen) atoms. The molecule has 1 aliphatic rings. The highest BCUT2D eigenvalue weighted by atomic mass is 32.2. The number of likely N-dealkylation sites (N-methyl/N-ethyl adjacent to an activating group) is 1. The maximum absolute atomic E-state index is 3.94. The van der Waals surface area contributed by atoms with E-state index in [4.69, 9.17) is 0 Å². The second-order valence-corrected chi connectivity index (χ2v) is 5.92. The fourth-order valence-electron chi connectivity index (χ4n) is 1.88. The molecule has 0 unspecified atom stereocenters. The average molecular weight is 228 g/mol. The van der Waals surface area contributed by atoms with Crippen LogP contribution in [-0.4, -0.2) is 49.1 Å². The molecule has 0 saturated carbocycles. The summed E-state index contributed by atoms with van der Waals surface area (Å²) in [5.74, 6) is 1.26. The minimum atomic E-state index is 0.893. The molecule has 2 nitrogen and oxygen atoms in total. The van der Waals surface area contributed by atoms with Gasteiger partial charge in [-0.15, -0.1) is 0 Å². The van der Waals surface area contributed by atoms with E-state index in [9.17, 15) is 0 Å². The van der Waals surface area contributed by atoms with Crippen molar-refractivity contribution in [2.75, 3.05) is 39.0 Å². The van der Waals surface area contributed by atoms with Gasteiger partial charge >= 0.3 is 0 Å². The number of rotatable bonds is 6. The van der Waals surface area contributed by atoms with Crippen molar-refractivity contribution in [2.45, 2.75) is 25.0 Å². The molecule has 0 atom stereocenters. The predicted octanol–water partition coefficient (Wildman–Crippen LogP) is 1.98. The molecular formula is C12H24N2S. The zero-order chi connectivity index (χ0) is 11.1. The molecule has 0 aromatic carbocycles. The lowest BCUT2D eigenvalue weighted by molar-refractivity contribution is 0.386. The molecule has 1 N–H and O–H groups in total. The first-order valence-electron chi connectivity index (χ1n) is 5.83. The van der Waals surface area contributed by atoms with Crippen molar-refractivity contribution in [1.82, 2.24) is 10.2 Å². The Labute approximate surface area is 98.5 Å². The fourth-order valence-corrected chi connectivity index (χ4v) is 3.20. The summed E-state index contributed by atoms with van der Waals surface area (Å²) in [6.45, 7) is 10.7. The number of nitrogens with one attached hydrogen (secondary N) is 1. The Morgan fingerprint density at radius 3 is 2.73 bits per heavy atom. The highest BCUT2D eigenvalue weighted by molar-refractivity contribution is 7.99. The summed E-state index contributed by atoms with van der Waals surface area (Å²) in [6, 6.07) is 0. The third-order valence-corrected chi connectivity index (χ3v) is 4.01. The van der Waals surface area contributed by atoms with Gasteiger partial charge in [-0.2, -0.15) is 11.8 Å². The summed E-state index contributed by atoms with van der Waals surface area (Å²) in [4.78, 5) is 2.36. The SMILES string of the molecule is C=C(C)CN(C)CCSC1CCNCC1. The molecule has 1 heterocycles. The smallest absolute Gasteiger partial charge is 0.0184 e. The van der Waals surface area contributed by atoms with Crippen molar-refractivity contribution in [1.29, 1.82) is 0 Å². The van der Waals surface area contributed by atoms with Crippen LogP contribution in [0.5, 0.6) is 0 Å². The molecule has 0 radical (unpaired) electrons. The fraction of sp³-hybridized carbons (Fsp3) is 0.833. The van der Waals surface area contributed by atoms with E-state index in [0.717, 1.165) is 11.8 Å². The molecule has 1 rings (SSSR count). The molecule has 3 heteroatoms. The molecule has 1 aliphatic heterocycles. The van der Waals surface area contributed by atoms with Crippen LogP contribution in [0.2, 0.25) is 0 Å². The molecule has 0 aromatic heterocycles. The summed E-state index contributed by atoms with van der Waals surface area (Å²) < 4.78 is 0. The van der Waals surface area contributed by atoms with E-state index in [1.54, 1.807) is 0 Å². The van der Waals surface area contributed by atoms with Gasteiger partial charge in [-0.3, -0.25) is 0 Å². The van der Waals surface area contributed by atoms with Crippen LogP contribution in [0, 0.1) is 0 Å². The lowest BCUT2D eigenvalue weighted by atomic mass is 10.2. The minimum Gasteiger partial charge on any atom is -0.317 e. The minimum absolute atomic E-state index is 0.893. The van der Waals surface area contributed by atoms with E-state index in [-0.39, 0.29) is 0 Å². The maximum atomic E-state index is 3.94. The van der Waals surface area contributed by atoms with E-state index in [1.807, 2.05) is 0 Å². The lowest BCUT2D eigenvalue weighted by Gasteiger charge is -2.23. The summed E-state index contributed by atoms with van der Waals surface area (Å²) in [5, 5.41) is 4.30. The van der Waals surface area contributed by atoms with Crippen molar-refractivity contribution in [2.24, 2.45) is 0 Å². The van der Waals surface area contributed by atoms with Crippen molar-refractivity contribution in [3.63, 3.8) is 0 Å². The molecule has 0 spiro atoms. The Kier molecular flexibility index (Phi) is 6.37. The third-order valence-electron chi connectivity index (χ3n) is 2.65. The van der Waals surface area contributed by atoms with Crippen LogP contribution < -0.4 is 5.32 Å². The van der Waals surface area contributed by atoms with E-state index in [0.29, 0.717) is 0 Å². The third kappa shape index (κ3) is 6.23. The van der Waals surface area contributed by atoms with E-state index in [2.05, 4.69) is 42.5 Å². The van der Waals surface area contributed by atoms with E-state index in [1.165, 1.54) is 43.8 Å². The Morgan fingerprint density at radius 1 is 1.47 bits per heavy atom. The monoisotopic (exact) mass is 228 g/mol. The second-order valence-electron chi connectivity index (χ2n) is 4.52. The Hall–Kier alpha value is 0.01000. The van der Waals surface area contributed by atoms with Crippen molar-refractivity contribution in [3.8, 4) is 0 Å². The molecule has 1 fully saturated rings.